The average Bonchev–Trinajstić information content (AvgIpc) is 3.81. The Morgan fingerprint density at radius 3 is 1.60 bits per heavy atom. The van der Waals surface area contributed by atoms with Crippen LogP contribution < -0.4 is 5.32 Å². The first-order chi connectivity index (χ1) is 24.4. The zero-order valence-corrected chi connectivity index (χ0v) is 32.2. The summed E-state index contributed by atoms with van der Waals surface area (Å²) in [6, 6.07) is 36.4. The Hall–Kier alpha value is -3.96. The summed E-state index contributed by atoms with van der Waals surface area (Å²) in [6.07, 6.45) is 5.81. The van der Waals surface area contributed by atoms with E-state index in [4.69, 9.17) is 9.72 Å². The van der Waals surface area contributed by atoms with Gasteiger partial charge < -0.3 is 10.1 Å². The molecule has 10 heteroatoms. The van der Waals surface area contributed by atoms with Crippen molar-refractivity contribution in [2.45, 2.75) is 45.1 Å². The standard InChI is InChI=1S/C22H21BrN2OS.C18H14BrNO2S/c23-17-13-11-15(12-14-17)19-20(16-7-3-1-4-8-16)27-22(25-19)21(26)24-18-9-5-2-6-10-18;1-2-22-18(21)17-20-15(12-8-10-14(19)11-9-12)16(23-17)13-6-4-3-5-7-13/h1,3-4,7-8,11-14,18H,2,5-6,9-10H2,(H,24,26);3-11H,2H2,1H3. The lowest BCUT2D eigenvalue weighted by atomic mass is 9.95. The van der Waals surface area contributed by atoms with E-state index in [0.29, 0.717) is 16.6 Å². The highest BCUT2D eigenvalue weighted by Gasteiger charge is 2.23. The Bertz CT molecular complexity index is 2020. The van der Waals surface area contributed by atoms with Crippen LogP contribution >= 0.6 is 54.5 Å². The van der Waals surface area contributed by atoms with Crippen LogP contribution in [0.2, 0.25) is 0 Å². The number of carbonyl (C=O) groups excluding carboxylic acids is 2. The highest BCUT2D eigenvalue weighted by atomic mass is 79.9. The number of halogens is 2. The van der Waals surface area contributed by atoms with E-state index in [1.807, 2.05) is 97.1 Å². The first-order valence-electron chi connectivity index (χ1n) is 16.5. The monoisotopic (exact) mass is 827 g/mol. The fraction of sp³-hybridized carbons (Fsp3) is 0.200. The molecule has 4 aromatic carbocycles. The van der Waals surface area contributed by atoms with Gasteiger partial charge in [-0.25, -0.2) is 14.8 Å². The van der Waals surface area contributed by atoms with Crippen molar-refractivity contribution in [1.82, 2.24) is 15.3 Å². The Kier molecular flexibility index (Phi) is 12.4. The van der Waals surface area contributed by atoms with Gasteiger partial charge in [0.05, 0.1) is 27.7 Å². The molecule has 50 heavy (non-hydrogen) atoms. The van der Waals surface area contributed by atoms with E-state index in [1.165, 1.54) is 41.9 Å². The van der Waals surface area contributed by atoms with Crippen molar-refractivity contribution in [1.29, 1.82) is 0 Å². The van der Waals surface area contributed by atoms with E-state index in [9.17, 15) is 9.59 Å². The van der Waals surface area contributed by atoms with Crippen LogP contribution in [0.1, 0.15) is 58.6 Å². The summed E-state index contributed by atoms with van der Waals surface area (Å²) >= 11 is 9.76. The van der Waals surface area contributed by atoms with Crippen molar-refractivity contribution in [3.05, 3.63) is 128 Å². The van der Waals surface area contributed by atoms with Crippen molar-refractivity contribution in [3.63, 3.8) is 0 Å². The lowest BCUT2D eigenvalue weighted by molar-refractivity contribution is 0.0526. The maximum Gasteiger partial charge on any atom is 0.367 e. The van der Waals surface area contributed by atoms with Crippen molar-refractivity contribution >= 4 is 66.4 Å². The highest BCUT2D eigenvalue weighted by Crippen LogP contribution is 2.39. The van der Waals surface area contributed by atoms with Gasteiger partial charge in [0, 0.05) is 26.1 Å². The predicted molar refractivity (Wildman–Crippen MR) is 212 cm³/mol. The van der Waals surface area contributed by atoms with Crippen molar-refractivity contribution in [3.8, 4) is 43.4 Å². The predicted octanol–water partition coefficient (Wildman–Crippen LogP) is 11.7. The zero-order valence-electron chi connectivity index (χ0n) is 27.4. The summed E-state index contributed by atoms with van der Waals surface area (Å²) in [6.45, 7) is 2.13. The Morgan fingerprint density at radius 2 is 1.12 bits per heavy atom. The van der Waals surface area contributed by atoms with Crippen LogP contribution in [0.3, 0.4) is 0 Å². The van der Waals surface area contributed by atoms with Crippen LogP contribution in [0.4, 0.5) is 0 Å². The Morgan fingerprint density at radius 1 is 0.660 bits per heavy atom. The number of carbonyl (C=O) groups is 2. The molecule has 0 atom stereocenters. The number of nitrogens with zero attached hydrogens (tertiary/aromatic N) is 2. The van der Waals surface area contributed by atoms with Gasteiger partial charge in [-0.2, -0.15) is 0 Å². The number of amides is 1. The average molecular weight is 830 g/mol. The summed E-state index contributed by atoms with van der Waals surface area (Å²) in [5.41, 5.74) is 5.79. The second-order valence-electron chi connectivity index (χ2n) is 11.7. The number of hydrogen-bond acceptors (Lipinski definition) is 7. The Balaban J connectivity index is 0.000000175. The third kappa shape index (κ3) is 9.03. The maximum absolute atomic E-state index is 12.8. The molecular formula is C40H35Br2N3O3S2. The molecule has 1 amide bonds. The number of benzene rings is 4. The minimum atomic E-state index is -0.377. The van der Waals surface area contributed by atoms with Gasteiger partial charge in [-0.05, 0) is 55.2 Å². The molecular weight excluding hydrogens is 794 g/mol. The maximum atomic E-state index is 12.8. The molecule has 1 saturated carbocycles. The van der Waals surface area contributed by atoms with Gasteiger partial charge in [0.25, 0.3) is 5.91 Å². The molecule has 1 fully saturated rings. The fourth-order valence-electron chi connectivity index (χ4n) is 5.69. The van der Waals surface area contributed by atoms with Gasteiger partial charge in [0.1, 0.15) is 0 Å². The van der Waals surface area contributed by atoms with Gasteiger partial charge in [-0.15, -0.1) is 22.7 Å². The van der Waals surface area contributed by atoms with Crippen LogP contribution in [0, 0.1) is 0 Å². The molecule has 254 valence electrons. The molecule has 0 aliphatic heterocycles. The van der Waals surface area contributed by atoms with Gasteiger partial charge in [-0.3, -0.25) is 4.79 Å². The second-order valence-corrected chi connectivity index (χ2v) is 15.5. The summed E-state index contributed by atoms with van der Waals surface area (Å²) in [7, 11) is 0. The summed E-state index contributed by atoms with van der Waals surface area (Å²) < 4.78 is 7.12. The molecule has 0 spiro atoms. The van der Waals surface area contributed by atoms with E-state index >= 15 is 0 Å². The van der Waals surface area contributed by atoms with E-state index in [1.54, 1.807) is 6.92 Å². The number of esters is 1. The molecule has 6 nitrogen and oxygen atoms in total. The molecule has 7 rings (SSSR count). The number of aromatic nitrogens is 2. The molecule has 0 bridgehead atoms. The third-order valence-electron chi connectivity index (χ3n) is 8.15. The van der Waals surface area contributed by atoms with Crippen LogP contribution in [0.15, 0.2) is 118 Å². The zero-order chi connectivity index (χ0) is 34.9. The van der Waals surface area contributed by atoms with Crippen LogP contribution in [0.25, 0.3) is 43.4 Å². The van der Waals surface area contributed by atoms with E-state index < -0.39 is 0 Å². The topological polar surface area (TPSA) is 81.2 Å². The van der Waals surface area contributed by atoms with Gasteiger partial charge >= 0.3 is 5.97 Å². The molecule has 0 saturated heterocycles. The second kappa shape index (κ2) is 17.3. The molecule has 2 aromatic heterocycles. The number of rotatable bonds is 8. The first kappa shape index (κ1) is 35.9. The number of ether oxygens (including phenoxy) is 1. The Labute approximate surface area is 317 Å². The smallest absolute Gasteiger partial charge is 0.367 e. The van der Waals surface area contributed by atoms with Gasteiger partial charge in [0.2, 0.25) is 5.01 Å². The van der Waals surface area contributed by atoms with Gasteiger partial charge in [-0.1, -0.05) is 136 Å². The fourth-order valence-corrected chi connectivity index (χ4v) is 8.20. The number of hydrogen-bond donors (Lipinski definition) is 1. The first-order valence-corrected chi connectivity index (χ1v) is 19.7. The normalized spacial score (nSPS) is 12.9. The molecule has 2 heterocycles. The lowest BCUT2D eigenvalue weighted by Crippen LogP contribution is -2.36. The van der Waals surface area contributed by atoms with E-state index in [-0.39, 0.29) is 17.9 Å². The summed E-state index contributed by atoms with van der Waals surface area (Å²) in [5.74, 6) is -0.425. The van der Waals surface area contributed by atoms with Crippen molar-refractivity contribution < 1.29 is 14.3 Å². The van der Waals surface area contributed by atoms with Gasteiger partial charge in [0.15, 0.2) is 5.01 Å². The van der Waals surface area contributed by atoms with Crippen LogP contribution in [-0.4, -0.2) is 34.5 Å². The van der Waals surface area contributed by atoms with Crippen LogP contribution in [-0.2, 0) is 4.74 Å². The molecule has 0 radical (unpaired) electrons. The van der Waals surface area contributed by atoms with Crippen molar-refractivity contribution in [2.75, 3.05) is 6.61 Å². The van der Waals surface area contributed by atoms with Crippen molar-refractivity contribution in [2.24, 2.45) is 0 Å². The molecule has 1 aliphatic carbocycles. The van der Waals surface area contributed by atoms with E-state index in [2.05, 4.69) is 54.3 Å². The minimum Gasteiger partial charge on any atom is -0.461 e. The summed E-state index contributed by atoms with van der Waals surface area (Å²) in [4.78, 5) is 36.1. The minimum absolute atomic E-state index is 0.0487. The number of thiazole rings is 2. The highest BCUT2D eigenvalue weighted by molar-refractivity contribution is 9.10. The quantitative estimate of drug-likeness (QED) is 0.155. The molecule has 0 unspecified atom stereocenters. The number of nitrogens with one attached hydrogen (secondary N) is 1. The lowest BCUT2D eigenvalue weighted by Gasteiger charge is -2.22. The molecule has 1 N–H and O–H groups in total. The third-order valence-corrected chi connectivity index (χ3v) is 11.4. The SMILES string of the molecule is CCOC(=O)c1nc(-c2ccc(Br)cc2)c(-c2ccccc2)s1.O=C(NC1CCCCC1)c1nc(-c2ccc(Br)cc2)c(-c2ccccc2)s1. The summed E-state index contributed by atoms with van der Waals surface area (Å²) in [5, 5.41) is 4.11. The molecule has 6 aromatic rings. The molecule has 1 aliphatic rings. The van der Waals surface area contributed by atoms with Crippen LogP contribution in [0.5, 0.6) is 0 Å². The largest absolute Gasteiger partial charge is 0.461 e. The van der Waals surface area contributed by atoms with E-state index in [0.717, 1.165) is 65.2 Å².